The molecule has 20 heavy (non-hydrogen) atoms. The first-order valence-electron chi connectivity index (χ1n) is 5.79. The number of nitrogens with two attached hydrogens (primary N) is 1. The highest BCUT2D eigenvalue weighted by Crippen LogP contribution is 2.26. The molecular weight excluding hydrogens is 332 g/mol. The van der Waals surface area contributed by atoms with Crippen molar-refractivity contribution in [2.45, 2.75) is 6.92 Å². The molecule has 2 aromatic rings. The number of hydrogen-bond donors (Lipinski definition) is 3. The lowest BCUT2D eigenvalue weighted by Gasteiger charge is -2.10. The molecule has 1 aromatic carbocycles. The van der Waals surface area contributed by atoms with Gasteiger partial charge in [0.15, 0.2) is 0 Å². The average molecular weight is 344 g/mol. The predicted molar refractivity (Wildman–Crippen MR) is 77.9 cm³/mol. The molecule has 0 amide bonds. The van der Waals surface area contributed by atoms with Gasteiger partial charge in [0.25, 0.3) is 0 Å². The average Bonchev–Trinajstić information content (AvgIpc) is 2.35. The van der Waals surface area contributed by atoms with Crippen LogP contribution in [-0.4, -0.2) is 16.5 Å². The Morgan fingerprint density at radius 2 is 1.85 bits per heavy atom. The van der Waals surface area contributed by atoms with Crippen molar-refractivity contribution < 1.29 is 8.78 Å². The molecule has 0 atom stereocenters. The van der Waals surface area contributed by atoms with E-state index in [0.29, 0.717) is 18.2 Å². The maximum atomic E-state index is 13.7. The lowest BCUT2D eigenvalue weighted by molar-refractivity contribution is 0.581. The zero-order valence-corrected chi connectivity index (χ0v) is 12.1. The van der Waals surface area contributed by atoms with Gasteiger partial charge in [0.1, 0.15) is 23.3 Å². The molecule has 0 aliphatic heterocycles. The minimum absolute atomic E-state index is 0.0486. The molecule has 0 radical (unpaired) electrons. The summed E-state index contributed by atoms with van der Waals surface area (Å²) < 4.78 is 27.0. The van der Waals surface area contributed by atoms with E-state index in [1.165, 1.54) is 6.07 Å². The summed E-state index contributed by atoms with van der Waals surface area (Å²) in [6.45, 7) is 2.56. The Morgan fingerprint density at radius 1 is 1.15 bits per heavy atom. The van der Waals surface area contributed by atoms with E-state index < -0.39 is 11.6 Å². The summed E-state index contributed by atoms with van der Waals surface area (Å²) in [6.07, 6.45) is 0. The zero-order valence-electron chi connectivity index (χ0n) is 10.5. The van der Waals surface area contributed by atoms with Gasteiger partial charge in [-0.3, -0.25) is 0 Å². The predicted octanol–water partition coefficient (Wildman–Crippen LogP) is 3.27. The largest absolute Gasteiger partial charge is 0.370 e. The lowest BCUT2D eigenvalue weighted by Crippen LogP contribution is -2.06. The Hall–Kier alpha value is -1.96. The fraction of sp³-hybridized carbons (Fsp3) is 0.167. The summed E-state index contributed by atoms with van der Waals surface area (Å²) in [7, 11) is 0. The summed E-state index contributed by atoms with van der Waals surface area (Å²) in [6, 6.07) is 3.65. The third kappa shape index (κ3) is 3.32. The molecule has 0 unspecified atom stereocenters. The number of nitrogens with zero attached hydrogens (tertiary/aromatic N) is 2. The van der Waals surface area contributed by atoms with Crippen LogP contribution in [0.4, 0.5) is 32.1 Å². The molecule has 5 nitrogen and oxygen atoms in total. The van der Waals surface area contributed by atoms with E-state index in [-0.39, 0.29) is 16.1 Å². The quantitative estimate of drug-likeness (QED) is 0.742. The van der Waals surface area contributed by atoms with Crippen LogP contribution in [0.2, 0.25) is 0 Å². The van der Waals surface area contributed by atoms with Gasteiger partial charge in [-0.15, -0.1) is 0 Å². The molecule has 0 aliphatic carbocycles. The second-order valence-corrected chi connectivity index (χ2v) is 4.75. The normalized spacial score (nSPS) is 10.4. The van der Waals surface area contributed by atoms with E-state index in [0.717, 1.165) is 6.07 Å². The summed E-state index contributed by atoms with van der Waals surface area (Å²) >= 11 is 3.00. The molecule has 106 valence electrons. The van der Waals surface area contributed by atoms with Gasteiger partial charge in [-0.05, 0) is 28.9 Å². The van der Waals surface area contributed by atoms with Crippen molar-refractivity contribution in [3.8, 4) is 0 Å². The lowest BCUT2D eigenvalue weighted by atomic mass is 10.3. The molecule has 0 saturated heterocycles. The van der Waals surface area contributed by atoms with Crippen LogP contribution in [0, 0.1) is 11.6 Å². The first-order valence-corrected chi connectivity index (χ1v) is 6.59. The van der Waals surface area contributed by atoms with Gasteiger partial charge in [0.2, 0.25) is 5.95 Å². The van der Waals surface area contributed by atoms with Crippen molar-refractivity contribution in [1.82, 2.24) is 9.97 Å². The van der Waals surface area contributed by atoms with Crippen molar-refractivity contribution in [2.75, 3.05) is 22.9 Å². The number of hydrogen-bond acceptors (Lipinski definition) is 5. The van der Waals surface area contributed by atoms with Crippen LogP contribution in [0.5, 0.6) is 0 Å². The monoisotopic (exact) mass is 343 g/mol. The molecule has 8 heteroatoms. The van der Waals surface area contributed by atoms with Crippen molar-refractivity contribution in [3.05, 3.63) is 34.3 Å². The Morgan fingerprint density at radius 3 is 2.55 bits per heavy atom. The minimum atomic E-state index is -0.729. The number of aromatic nitrogens is 2. The number of halogens is 3. The number of nitrogen functional groups attached to an aromatic ring is 1. The number of nitrogens with one attached hydrogen (secondary N) is 2. The molecule has 2 rings (SSSR count). The molecule has 0 bridgehead atoms. The third-order valence-electron chi connectivity index (χ3n) is 2.37. The number of benzene rings is 1. The zero-order chi connectivity index (χ0) is 14.7. The molecule has 1 heterocycles. The summed E-state index contributed by atoms with van der Waals surface area (Å²) in [5.74, 6) is -0.529. The molecule has 1 aromatic heterocycles. The molecule has 4 N–H and O–H groups in total. The van der Waals surface area contributed by atoms with Gasteiger partial charge in [-0.2, -0.15) is 9.97 Å². The van der Waals surface area contributed by atoms with Gasteiger partial charge in [0.05, 0.1) is 10.2 Å². The Balaban J connectivity index is 2.32. The van der Waals surface area contributed by atoms with E-state index in [1.807, 2.05) is 6.92 Å². The first-order chi connectivity index (χ1) is 9.49. The summed E-state index contributed by atoms with van der Waals surface area (Å²) in [5, 5.41) is 5.71. The van der Waals surface area contributed by atoms with Gasteiger partial charge >= 0.3 is 0 Å². The summed E-state index contributed by atoms with van der Waals surface area (Å²) in [4.78, 5) is 7.92. The summed E-state index contributed by atoms with van der Waals surface area (Å²) in [5.41, 5.74) is 5.65. The molecular formula is C12H12BrF2N5. The van der Waals surface area contributed by atoms with Crippen molar-refractivity contribution in [1.29, 1.82) is 0 Å². The van der Waals surface area contributed by atoms with E-state index in [2.05, 4.69) is 36.5 Å². The van der Waals surface area contributed by atoms with Crippen molar-refractivity contribution >= 4 is 39.2 Å². The Labute approximate surface area is 122 Å². The van der Waals surface area contributed by atoms with Crippen LogP contribution < -0.4 is 16.4 Å². The highest BCUT2D eigenvalue weighted by atomic mass is 79.9. The fourth-order valence-electron chi connectivity index (χ4n) is 1.56. The van der Waals surface area contributed by atoms with E-state index >= 15 is 0 Å². The topological polar surface area (TPSA) is 75.9 Å². The second-order valence-electron chi connectivity index (χ2n) is 3.90. The SMILES string of the molecule is CCNc1cc(Nc2cc(Br)c(F)cc2F)nc(N)n1. The van der Waals surface area contributed by atoms with Gasteiger partial charge in [-0.1, -0.05) is 0 Å². The van der Waals surface area contributed by atoms with E-state index in [1.54, 1.807) is 6.07 Å². The van der Waals surface area contributed by atoms with Crippen LogP contribution in [0.3, 0.4) is 0 Å². The van der Waals surface area contributed by atoms with Crippen molar-refractivity contribution in [2.24, 2.45) is 0 Å². The third-order valence-corrected chi connectivity index (χ3v) is 2.98. The standard InChI is InChI=1S/C12H12BrF2N5/c1-2-17-10-5-11(20-12(16)19-10)18-9-3-6(13)7(14)4-8(9)15/h3-5H,2H2,1H3,(H4,16,17,18,19,20). The molecule has 0 fully saturated rings. The molecule has 0 spiro atoms. The van der Waals surface area contributed by atoms with E-state index in [9.17, 15) is 8.78 Å². The number of anilines is 4. The van der Waals surface area contributed by atoms with Gasteiger partial charge < -0.3 is 16.4 Å². The number of rotatable bonds is 4. The van der Waals surface area contributed by atoms with Gasteiger partial charge in [0, 0.05) is 18.7 Å². The van der Waals surface area contributed by atoms with Crippen molar-refractivity contribution in [3.63, 3.8) is 0 Å². The first kappa shape index (κ1) is 14.4. The highest BCUT2D eigenvalue weighted by Gasteiger charge is 2.10. The van der Waals surface area contributed by atoms with E-state index in [4.69, 9.17) is 5.73 Å². The maximum Gasteiger partial charge on any atom is 0.223 e. The minimum Gasteiger partial charge on any atom is -0.370 e. The molecule has 0 aliphatic rings. The fourth-order valence-corrected chi connectivity index (χ4v) is 1.90. The van der Waals surface area contributed by atoms with Crippen LogP contribution in [-0.2, 0) is 0 Å². The van der Waals surface area contributed by atoms with Crippen LogP contribution in [0.25, 0.3) is 0 Å². The van der Waals surface area contributed by atoms with Crippen LogP contribution >= 0.6 is 15.9 Å². The Bertz CT molecular complexity index is 635. The maximum absolute atomic E-state index is 13.7. The highest BCUT2D eigenvalue weighted by molar-refractivity contribution is 9.10. The Kier molecular flexibility index (Phi) is 4.33. The van der Waals surface area contributed by atoms with Crippen LogP contribution in [0.15, 0.2) is 22.7 Å². The van der Waals surface area contributed by atoms with Gasteiger partial charge in [-0.25, -0.2) is 8.78 Å². The molecule has 0 saturated carbocycles. The smallest absolute Gasteiger partial charge is 0.223 e. The van der Waals surface area contributed by atoms with Crippen LogP contribution in [0.1, 0.15) is 6.92 Å². The second kappa shape index (κ2) is 6.00.